The molecule has 1 aliphatic heterocycles. The van der Waals surface area contributed by atoms with E-state index in [1.54, 1.807) is 30.2 Å². The second-order valence-corrected chi connectivity index (χ2v) is 9.16. The van der Waals surface area contributed by atoms with Crippen molar-refractivity contribution in [2.75, 3.05) is 20.3 Å². The van der Waals surface area contributed by atoms with Crippen LogP contribution < -0.4 is 10.1 Å². The normalized spacial score (nSPS) is 15.5. The fourth-order valence-corrected chi connectivity index (χ4v) is 4.51. The number of likely N-dealkylation sites (N-methyl/N-ethyl adjacent to an activating group) is 1. The number of thioether (sulfide) groups is 1. The zero-order chi connectivity index (χ0) is 23.1. The maximum absolute atomic E-state index is 11.8. The van der Waals surface area contributed by atoms with Crippen LogP contribution in [0.1, 0.15) is 18.1 Å². The molecule has 2 aromatic rings. The molecule has 1 atom stereocenters. The van der Waals surface area contributed by atoms with Gasteiger partial charge in [-0.15, -0.1) is 0 Å². The predicted molar refractivity (Wildman–Crippen MR) is 132 cm³/mol. The Labute approximate surface area is 201 Å². The number of halogens is 1. The highest BCUT2D eigenvalue weighted by Crippen LogP contribution is 2.32. The summed E-state index contributed by atoms with van der Waals surface area (Å²) in [4.78, 5) is 25.4. The van der Waals surface area contributed by atoms with Crippen LogP contribution in [0.15, 0.2) is 47.4 Å². The van der Waals surface area contributed by atoms with Gasteiger partial charge in [0.15, 0.2) is 0 Å². The number of nitrogens with zero attached hydrogens (tertiary/aromatic N) is 1. The molecular weight excluding hydrogens is 468 g/mol. The lowest BCUT2D eigenvalue weighted by atomic mass is 10.1. The first-order valence-electron chi connectivity index (χ1n) is 9.94. The van der Waals surface area contributed by atoms with Crippen LogP contribution in [0.4, 0.5) is 0 Å². The molecule has 3 rings (SSSR count). The molecule has 1 aliphatic rings. The molecule has 0 radical (unpaired) electrons. The summed E-state index contributed by atoms with van der Waals surface area (Å²) in [5, 5.41) is 3.01. The molecule has 2 aromatic carbocycles. The lowest BCUT2D eigenvalue weighted by molar-refractivity contribution is -0.121. The van der Waals surface area contributed by atoms with Crippen molar-refractivity contribution < 1.29 is 19.1 Å². The molecule has 0 aromatic heterocycles. The standard InChI is InChI=1S/C23H23ClN2O4S2/c1-3-26(14-27)17(13-29-2)10-15-4-7-18(8-5-15)30-20-9-6-16(11-19(20)24)12-21-22(28)25-23(31)32-21/h4-9,11-12,14,17H,3,10,13H2,1-2H3,(H,25,28,31)/b21-12+. The molecule has 0 spiro atoms. The number of carbonyl (C=O) groups excluding carboxylic acids is 2. The first-order chi connectivity index (χ1) is 15.4. The number of amides is 2. The molecule has 1 N–H and O–H groups in total. The molecule has 9 heteroatoms. The molecular formula is C23H23ClN2O4S2. The number of benzene rings is 2. The fraction of sp³-hybridized carbons (Fsp3) is 0.261. The van der Waals surface area contributed by atoms with E-state index < -0.39 is 0 Å². The van der Waals surface area contributed by atoms with Crippen molar-refractivity contribution >= 4 is 58.3 Å². The summed E-state index contributed by atoms with van der Waals surface area (Å²) in [5.74, 6) is 0.944. The van der Waals surface area contributed by atoms with Gasteiger partial charge >= 0.3 is 0 Å². The van der Waals surface area contributed by atoms with Crippen LogP contribution in [-0.4, -0.2) is 47.8 Å². The summed E-state index contributed by atoms with van der Waals surface area (Å²) in [7, 11) is 1.63. The first kappa shape index (κ1) is 24.3. The molecule has 32 heavy (non-hydrogen) atoms. The highest BCUT2D eigenvalue weighted by molar-refractivity contribution is 8.26. The van der Waals surface area contributed by atoms with E-state index >= 15 is 0 Å². The summed E-state index contributed by atoms with van der Waals surface area (Å²) < 4.78 is 11.6. The van der Waals surface area contributed by atoms with Crippen molar-refractivity contribution in [2.45, 2.75) is 19.4 Å². The average Bonchev–Trinajstić information content (AvgIpc) is 3.09. The summed E-state index contributed by atoms with van der Waals surface area (Å²) in [6, 6.07) is 12.9. The summed E-state index contributed by atoms with van der Waals surface area (Å²) in [6.45, 7) is 3.03. The highest BCUT2D eigenvalue weighted by atomic mass is 35.5. The van der Waals surface area contributed by atoms with Crippen LogP contribution in [0.2, 0.25) is 5.02 Å². The van der Waals surface area contributed by atoms with Gasteiger partial charge in [0.05, 0.1) is 22.6 Å². The third kappa shape index (κ3) is 6.32. The predicted octanol–water partition coefficient (Wildman–Crippen LogP) is 4.66. The minimum atomic E-state index is -0.209. The minimum absolute atomic E-state index is 0.0279. The molecule has 0 bridgehead atoms. The largest absolute Gasteiger partial charge is 0.456 e. The lowest BCUT2D eigenvalue weighted by Gasteiger charge is -2.26. The van der Waals surface area contributed by atoms with Gasteiger partial charge in [0.2, 0.25) is 6.41 Å². The number of methoxy groups -OCH3 is 1. The fourth-order valence-electron chi connectivity index (χ4n) is 3.24. The van der Waals surface area contributed by atoms with Crippen molar-refractivity contribution in [3.8, 4) is 11.5 Å². The van der Waals surface area contributed by atoms with E-state index in [-0.39, 0.29) is 11.9 Å². The van der Waals surface area contributed by atoms with Gasteiger partial charge < -0.3 is 19.7 Å². The van der Waals surface area contributed by atoms with Crippen molar-refractivity contribution in [1.82, 2.24) is 10.2 Å². The molecule has 1 unspecified atom stereocenters. The Kier molecular flexibility index (Phi) is 8.69. The van der Waals surface area contributed by atoms with E-state index in [0.29, 0.717) is 45.3 Å². The Bertz CT molecular complexity index is 1030. The first-order valence-corrected chi connectivity index (χ1v) is 11.5. The molecule has 168 valence electrons. The molecule has 1 heterocycles. The quantitative estimate of drug-likeness (QED) is 0.297. The summed E-state index contributed by atoms with van der Waals surface area (Å²) >= 11 is 12.6. The molecule has 0 aliphatic carbocycles. The molecule has 1 saturated heterocycles. The van der Waals surface area contributed by atoms with Gasteiger partial charge in [-0.25, -0.2) is 0 Å². The van der Waals surface area contributed by atoms with Crippen molar-refractivity contribution in [2.24, 2.45) is 0 Å². The van der Waals surface area contributed by atoms with E-state index in [4.69, 9.17) is 33.3 Å². The number of nitrogens with one attached hydrogen (secondary N) is 1. The second-order valence-electron chi connectivity index (χ2n) is 7.04. The maximum atomic E-state index is 11.8. The van der Waals surface area contributed by atoms with Crippen LogP contribution in [0, 0.1) is 0 Å². The number of ether oxygens (including phenoxy) is 2. The lowest BCUT2D eigenvalue weighted by Crippen LogP contribution is -2.39. The summed E-state index contributed by atoms with van der Waals surface area (Å²) in [6.07, 6.45) is 3.27. The van der Waals surface area contributed by atoms with Crippen molar-refractivity contribution in [3.05, 3.63) is 63.5 Å². The van der Waals surface area contributed by atoms with Gasteiger partial charge in [-0.1, -0.05) is 53.8 Å². The number of hydrogen-bond donors (Lipinski definition) is 1. The summed E-state index contributed by atoms with van der Waals surface area (Å²) in [5.41, 5.74) is 1.85. The Morgan fingerprint density at radius 3 is 2.56 bits per heavy atom. The molecule has 2 amide bonds. The number of rotatable bonds is 10. The van der Waals surface area contributed by atoms with E-state index in [1.165, 1.54) is 11.8 Å². The Morgan fingerprint density at radius 2 is 2.00 bits per heavy atom. The molecule has 6 nitrogen and oxygen atoms in total. The second kappa shape index (κ2) is 11.5. The number of hydrogen-bond acceptors (Lipinski definition) is 6. The van der Waals surface area contributed by atoms with Crippen LogP contribution in [-0.2, 0) is 20.7 Å². The van der Waals surface area contributed by atoms with Crippen LogP contribution >= 0.6 is 35.6 Å². The third-order valence-corrected chi connectivity index (χ3v) is 6.30. The van der Waals surface area contributed by atoms with E-state index in [1.807, 2.05) is 37.3 Å². The van der Waals surface area contributed by atoms with Crippen LogP contribution in [0.25, 0.3) is 6.08 Å². The third-order valence-electron chi connectivity index (χ3n) is 4.85. The maximum Gasteiger partial charge on any atom is 0.263 e. The monoisotopic (exact) mass is 490 g/mol. The Balaban J connectivity index is 1.67. The Hall–Kier alpha value is -2.39. The average molecular weight is 491 g/mol. The zero-order valence-corrected chi connectivity index (χ0v) is 20.1. The zero-order valence-electron chi connectivity index (χ0n) is 17.7. The Morgan fingerprint density at radius 1 is 1.25 bits per heavy atom. The van der Waals surface area contributed by atoms with Gasteiger partial charge in [0.25, 0.3) is 5.91 Å². The topological polar surface area (TPSA) is 67.9 Å². The SMILES string of the molecule is CCN(C=O)C(COC)Cc1ccc(Oc2ccc(/C=C3/SC(=S)NC3=O)cc2Cl)cc1. The van der Waals surface area contributed by atoms with Gasteiger partial charge in [-0.05, 0) is 54.8 Å². The van der Waals surface area contributed by atoms with E-state index in [9.17, 15) is 9.59 Å². The van der Waals surface area contributed by atoms with Crippen molar-refractivity contribution in [3.63, 3.8) is 0 Å². The molecule has 1 fully saturated rings. The number of thiocarbonyl (C=S) groups is 1. The van der Waals surface area contributed by atoms with Gasteiger partial charge in [-0.3, -0.25) is 9.59 Å². The van der Waals surface area contributed by atoms with Gasteiger partial charge in [0.1, 0.15) is 15.8 Å². The minimum Gasteiger partial charge on any atom is -0.456 e. The van der Waals surface area contributed by atoms with Gasteiger partial charge in [-0.2, -0.15) is 0 Å². The number of carbonyl (C=O) groups is 2. The van der Waals surface area contributed by atoms with E-state index in [0.717, 1.165) is 17.5 Å². The van der Waals surface area contributed by atoms with Crippen molar-refractivity contribution in [1.29, 1.82) is 0 Å². The molecule has 0 saturated carbocycles. The highest BCUT2D eigenvalue weighted by Gasteiger charge is 2.22. The van der Waals surface area contributed by atoms with Gasteiger partial charge in [0, 0.05) is 13.7 Å². The van der Waals surface area contributed by atoms with E-state index in [2.05, 4.69) is 5.32 Å². The van der Waals surface area contributed by atoms with Crippen LogP contribution in [0.3, 0.4) is 0 Å². The smallest absolute Gasteiger partial charge is 0.263 e. The van der Waals surface area contributed by atoms with Crippen LogP contribution in [0.5, 0.6) is 11.5 Å².